The van der Waals surface area contributed by atoms with Gasteiger partial charge in [0.1, 0.15) is 6.61 Å². The van der Waals surface area contributed by atoms with Crippen molar-refractivity contribution < 1.29 is 9.53 Å². The van der Waals surface area contributed by atoms with Gasteiger partial charge in [0.15, 0.2) is 0 Å². The summed E-state index contributed by atoms with van der Waals surface area (Å²) in [5.74, 6) is 0.310. The Morgan fingerprint density at radius 1 is 1.29 bits per heavy atom. The van der Waals surface area contributed by atoms with Crippen LogP contribution in [0.15, 0.2) is 0 Å². The molecule has 1 atom stereocenters. The van der Waals surface area contributed by atoms with Crippen LogP contribution in [0.5, 0.6) is 0 Å². The molecule has 0 aromatic carbocycles. The number of hydrogen-bond acceptors (Lipinski definition) is 2. The lowest BCUT2D eigenvalue weighted by atomic mass is 9.84. The summed E-state index contributed by atoms with van der Waals surface area (Å²) in [4.78, 5) is 11.5. The molecule has 0 aliphatic carbocycles. The average molecular weight is 241 g/mol. The summed E-state index contributed by atoms with van der Waals surface area (Å²) in [6.45, 7) is 12.6. The van der Waals surface area contributed by atoms with E-state index in [0.717, 1.165) is 19.3 Å². The Balaban J connectivity index is 3.58. The second-order valence-electron chi connectivity index (χ2n) is 6.23. The van der Waals surface area contributed by atoms with Crippen molar-refractivity contribution in [1.82, 2.24) is 0 Å². The summed E-state index contributed by atoms with van der Waals surface area (Å²) in [5, 5.41) is 0. The summed E-state index contributed by atoms with van der Waals surface area (Å²) in [6.07, 6.45) is 5.98. The van der Waals surface area contributed by atoms with E-state index in [1.165, 1.54) is 12.8 Å². The Kier molecular flexibility index (Phi) is 8.28. The predicted octanol–water partition coefficient (Wildman–Crippen LogP) is 4.73. The molecule has 0 fully saturated rings. The van der Waals surface area contributed by atoms with Gasteiger partial charge in [-0.1, -0.05) is 47.5 Å². The molecule has 2 nitrogen and oxygen atoms in total. The monoisotopic (exact) mass is 241 g/mol. The first kappa shape index (κ1) is 16.5. The summed E-state index contributed by atoms with van der Waals surface area (Å²) in [6, 6.07) is 0. The minimum atomic E-state index is -0.0850. The van der Waals surface area contributed by atoms with Gasteiger partial charge < -0.3 is 4.74 Å². The van der Waals surface area contributed by atoms with Crippen molar-refractivity contribution in [2.75, 3.05) is 0 Å². The molecule has 0 rings (SSSR count). The van der Waals surface area contributed by atoms with Gasteiger partial charge in [-0.2, -0.15) is 0 Å². The van der Waals surface area contributed by atoms with E-state index in [1.54, 1.807) is 6.61 Å². The highest BCUT2D eigenvalue weighted by Crippen LogP contribution is 2.26. The van der Waals surface area contributed by atoms with Crippen LogP contribution in [-0.2, 0) is 9.53 Å². The first-order valence-electron chi connectivity index (χ1n) is 6.86. The van der Waals surface area contributed by atoms with E-state index in [9.17, 15) is 4.79 Å². The first-order valence-corrected chi connectivity index (χ1v) is 6.86. The fraction of sp³-hybridized carbons (Fsp3) is 0.867. The molecule has 0 N–H and O–H groups in total. The molecule has 0 amide bonds. The van der Waals surface area contributed by atoms with Crippen molar-refractivity contribution in [3.8, 4) is 0 Å². The Bertz CT molecular complexity index is 203. The zero-order chi connectivity index (χ0) is 13.3. The molecule has 101 valence electrons. The Morgan fingerprint density at radius 3 is 2.47 bits per heavy atom. The molecule has 2 heteroatoms. The molecule has 0 aliphatic heterocycles. The number of carbonyl (C=O) groups excluding carboxylic acids is 1. The van der Waals surface area contributed by atoms with Crippen molar-refractivity contribution in [2.45, 2.75) is 73.1 Å². The van der Waals surface area contributed by atoms with Crippen LogP contribution in [0.25, 0.3) is 0 Å². The molecule has 1 radical (unpaired) electrons. The maximum absolute atomic E-state index is 11.5. The van der Waals surface area contributed by atoms with Crippen LogP contribution in [0.4, 0.5) is 0 Å². The van der Waals surface area contributed by atoms with Gasteiger partial charge in [0.2, 0.25) is 0 Å². The van der Waals surface area contributed by atoms with Crippen molar-refractivity contribution in [2.24, 2.45) is 11.3 Å². The minimum Gasteiger partial charge on any atom is -0.458 e. The number of rotatable bonds is 8. The third kappa shape index (κ3) is 11.7. The van der Waals surface area contributed by atoms with Gasteiger partial charge in [-0.3, -0.25) is 4.79 Å². The molecule has 0 spiro atoms. The van der Waals surface area contributed by atoms with Gasteiger partial charge in [0, 0.05) is 6.42 Å². The molecule has 0 bridgehead atoms. The van der Waals surface area contributed by atoms with Crippen molar-refractivity contribution in [3.63, 3.8) is 0 Å². The lowest BCUT2D eigenvalue weighted by molar-refractivity contribution is -0.141. The SMILES string of the molecule is CCCCC[CH]OC(=O)CC(C)CC(C)(C)C. The molecular formula is C15H29O2. The second kappa shape index (κ2) is 8.54. The smallest absolute Gasteiger partial charge is 0.306 e. The molecule has 0 aromatic heterocycles. The third-order valence-corrected chi connectivity index (χ3v) is 2.62. The van der Waals surface area contributed by atoms with Gasteiger partial charge in [-0.05, 0) is 30.6 Å². The number of unbranched alkanes of at least 4 members (excludes halogenated alkanes) is 3. The van der Waals surface area contributed by atoms with E-state index in [4.69, 9.17) is 4.74 Å². The maximum atomic E-state index is 11.5. The molecule has 0 saturated heterocycles. The van der Waals surface area contributed by atoms with Gasteiger partial charge in [0.05, 0.1) is 0 Å². The fourth-order valence-corrected chi connectivity index (χ4v) is 2.08. The largest absolute Gasteiger partial charge is 0.458 e. The Labute approximate surface area is 107 Å². The van der Waals surface area contributed by atoms with E-state index in [0.29, 0.717) is 12.3 Å². The highest BCUT2D eigenvalue weighted by Gasteiger charge is 2.18. The zero-order valence-electron chi connectivity index (χ0n) is 12.2. The van der Waals surface area contributed by atoms with Crippen LogP contribution in [-0.4, -0.2) is 5.97 Å². The second-order valence-corrected chi connectivity index (χ2v) is 6.23. The van der Waals surface area contributed by atoms with Gasteiger partial charge >= 0.3 is 5.97 Å². The highest BCUT2D eigenvalue weighted by molar-refractivity contribution is 5.70. The quantitative estimate of drug-likeness (QED) is 0.453. The summed E-state index contributed by atoms with van der Waals surface area (Å²) in [5.41, 5.74) is 0.282. The molecule has 0 aliphatic rings. The maximum Gasteiger partial charge on any atom is 0.306 e. The first-order chi connectivity index (χ1) is 7.85. The number of ether oxygens (including phenoxy) is 1. The van der Waals surface area contributed by atoms with Gasteiger partial charge in [-0.15, -0.1) is 0 Å². The normalized spacial score (nSPS) is 13.5. The summed E-state index contributed by atoms with van der Waals surface area (Å²) in [7, 11) is 0. The number of hydrogen-bond donors (Lipinski definition) is 0. The van der Waals surface area contributed by atoms with E-state index in [2.05, 4.69) is 34.6 Å². The van der Waals surface area contributed by atoms with E-state index >= 15 is 0 Å². The lowest BCUT2D eigenvalue weighted by Gasteiger charge is -2.22. The molecule has 0 aromatic rings. The average Bonchev–Trinajstić information content (AvgIpc) is 2.14. The molecule has 0 heterocycles. The van der Waals surface area contributed by atoms with E-state index in [-0.39, 0.29) is 11.4 Å². The molecule has 0 saturated carbocycles. The van der Waals surface area contributed by atoms with Crippen LogP contribution in [0, 0.1) is 17.9 Å². The standard InChI is InChI=1S/C15H29O2/c1-6-7-8-9-10-17-14(16)11-13(2)12-15(3,4)5/h10,13H,6-9,11-12H2,1-5H3. The van der Waals surface area contributed by atoms with Crippen LogP contribution in [0.2, 0.25) is 0 Å². The van der Waals surface area contributed by atoms with Crippen LogP contribution >= 0.6 is 0 Å². The number of carbonyl (C=O) groups is 1. The van der Waals surface area contributed by atoms with Crippen molar-refractivity contribution >= 4 is 5.97 Å². The Hall–Kier alpha value is -0.530. The third-order valence-electron chi connectivity index (χ3n) is 2.62. The predicted molar refractivity (Wildman–Crippen MR) is 72.4 cm³/mol. The van der Waals surface area contributed by atoms with E-state index < -0.39 is 0 Å². The summed E-state index contributed by atoms with van der Waals surface area (Å²) >= 11 is 0. The van der Waals surface area contributed by atoms with E-state index in [1.807, 2.05) is 0 Å². The van der Waals surface area contributed by atoms with Crippen LogP contribution < -0.4 is 0 Å². The van der Waals surface area contributed by atoms with Crippen LogP contribution in [0.1, 0.15) is 73.1 Å². The number of esters is 1. The summed E-state index contributed by atoms with van der Waals surface area (Å²) < 4.78 is 5.11. The van der Waals surface area contributed by atoms with Gasteiger partial charge in [-0.25, -0.2) is 0 Å². The lowest BCUT2D eigenvalue weighted by Crippen LogP contribution is -2.15. The van der Waals surface area contributed by atoms with Crippen molar-refractivity contribution in [3.05, 3.63) is 6.61 Å². The zero-order valence-corrected chi connectivity index (χ0v) is 12.2. The molecule has 1 unspecified atom stereocenters. The van der Waals surface area contributed by atoms with Gasteiger partial charge in [0.25, 0.3) is 0 Å². The van der Waals surface area contributed by atoms with Crippen LogP contribution in [0.3, 0.4) is 0 Å². The van der Waals surface area contributed by atoms with Crippen molar-refractivity contribution in [1.29, 1.82) is 0 Å². The minimum absolute atomic E-state index is 0.0850. The topological polar surface area (TPSA) is 26.3 Å². The fourth-order valence-electron chi connectivity index (χ4n) is 2.08. The Morgan fingerprint density at radius 2 is 1.94 bits per heavy atom. The highest BCUT2D eigenvalue weighted by atomic mass is 16.5. The molecular weight excluding hydrogens is 212 g/mol. The molecule has 17 heavy (non-hydrogen) atoms.